The summed E-state index contributed by atoms with van der Waals surface area (Å²) in [6, 6.07) is 7.51. The van der Waals surface area contributed by atoms with Gasteiger partial charge in [0.05, 0.1) is 0 Å². The van der Waals surface area contributed by atoms with Gasteiger partial charge in [0.2, 0.25) is 18.6 Å². The summed E-state index contributed by atoms with van der Waals surface area (Å²) in [4.78, 5) is 25.4. The van der Waals surface area contributed by atoms with Crippen LogP contribution in [0.25, 0.3) is 0 Å². The highest BCUT2D eigenvalue weighted by molar-refractivity contribution is 5.97. The van der Waals surface area contributed by atoms with Gasteiger partial charge in [-0.3, -0.25) is 4.79 Å². The predicted octanol–water partition coefficient (Wildman–Crippen LogP) is 1.84. The summed E-state index contributed by atoms with van der Waals surface area (Å²) >= 11 is 0. The lowest BCUT2D eigenvalue weighted by Gasteiger charge is -2.24. The topological polar surface area (TPSA) is 67.8 Å². The fraction of sp³-hybridized carbons (Fsp3) is 0.389. The van der Waals surface area contributed by atoms with Crippen molar-refractivity contribution in [3.63, 3.8) is 0 Å². The predicted molar refractivity (Wildman–Crippen MR) is 90.8 cm³/mol. The lowest BCUT2D eigenvalue weighted by atomic mass is 9.86. The second kappa shape index (κ2) is 5.34. The van der Waals surface area contributed by atoms with Gasteiger partial charge in [0.15, 0.2) is 11.5 Å². The zero-order valence-corrected chi connectivity index (χ0v) is 13.7. The third-order valence-corrected chi connectivity index (χ3v) is 5.26. The average Bonchev–Trinajstić information content (AvgIpc) is 3.34. The molecule has 3 aliphatic rings. The summed E-state index contributed by atoms with van der Waals surface area (Å²) in [6.45, 7) is 2.65. The first-order valence-corrected chi connectivity index (χ1v) is 8.45. The summed E-state index contributed by atoms with van der Waals surface area (Å²) in [5, 5.41) is 0. The number of ether oxygens (including phenoxy) is 2. The van der Waals surface area contributed by atoms with Gasteiger partial charge in [-0.05, 0) is 24.6 Å². The summed E-state index contributed by atoms with van der Waals surface area (Å²) in [5.41, 5.74) is 0.840. The lowest BCUT2D eigenvalue weighted by molar-refractivity contribution is -0.117. The summed E-state index contributed by atoms with van der Waals surface area (Å²) < 4.78 is 10.8. The van der Waals surface area contributed by atoms with Crippen LogP contribution in [0.5, 0.6) is 11.5 Å². The maximum absolute atomic E-state index is 12.7. The molecule has 2 fully saturated rings. The molecule has 1 atom stereocenters. The Morgan fingerprint density at radius 2 is 1.92 bits per heavy atom. The zero-order valence-electron chi connectivity index (χ0n) is 13.7. The first-order valence-electron chi connectivity index (χ1n) is 8.45. The molecule has 7 heteroatoms. The van der Waals surface area contributed by atoms with E-state index in [2.05, 4.69) is 14.9 Å². The Morgan fingerprint density at radius 3 is 2.80 bits per heavy atom. The molecule has 1 aromatic carbocycles. The molecule has 2 aromatic rings. The zero-order chi connectivity index (χ0) is 16.9. The minimum Gasteiger partial charge on any atom is -0.454 e. The van der Waals surface area contributed by atoms with E-state index < -0.39 is 0 Å². The number of hydrogen-bond acceptors (Lipinski definition) is 6. The summed E-state index contributed by atoms with van der Waals surface area (Å²) in [7, 11) is 0. The molecule has 0 N–H and O–H groups in total. The molecule has 3 aliphatic heterocycles. The molecule has 1 spiro atoms. The molecular weight excluding hydrogens is 320 g/mol. The van der Waals surface area contributed by atoms with Crippen molar-refractivity contribution in [1.29, 1.82) is 0 Å². The molecule has 0 unspecified atom stereocenters. The van der Waals surface area contributed by atoms with Crippen LogP contribution in [0.4, 0.5) is 11.6 Å². The monoisotopic (exact) mass is 338 g/mol. The van der Waals surface area contributed by atoms with E-state index in [1.54, 1.807) is 12.4 Å². The molecule has 0 saturated carbocycles. The van der Waals surface area contributed by atoms with Crippen molar-refractivity contribution in [3.05, 3.63) is 36.7 Å². The van der Waals surface area contributed by atoms with E-state index in [0.29, 0.717) is 12.2 Å². The molecule has 0 radical (unpaired) electrons. The number of fused-ring (bicyclic) bond motifs is 1. The Labute approximate surface area is 145 Å². The van der Waals surface area contributed by atoms with Crippen LogP contribution in [0.1, 0.15) is 12.8 Å². The van der Waals surface area contributed by atoms with Crippen LogP contribution < -0.4 is 19.3 Å². The van der Waals surface area contributed by atoms with E-state index >= 15 is 0 Å². The van der Waals surface area contributed by atoms with Gasteiger partial charge in [-0.2, -0.15) is 0 Å². The van der Waals surface area contributed by atoms with Gasteiger partial charge in [-0.1, -0.05) is 0 Å². The normalized spacial score (nSPS) is 24.6. The van der Waals surface area contributed by atoms with Crippen molar-refractivity contribution in [2.45, 2.75) is 12.8 Å². The van der Waals surface area contributed by atoms with E-state index in [-0.39, 0.29) is 18.1 Å². The minimum absolute atomic E-state index is 0.0351. The Hall–Kier alpha value is -2.83. The van der Waals surface area contributed by atoms with Gasteiger partial charge >= 0.3 is 0 Å². The molecule has 1 aromatic heterocycles. The van der Waals surface area contributed by atoms with Crippen molar-refractivity contribution in [1.82, 2.24) is 9.97 Å². The Morgan fingerprint density at radius 1 is 1.08 bits per heavy atom. The van der Waals surface area contributed by atoms with E-state index in [9.17, 15) is 4.79 Å². The molecule has 0 bridgehead atoms. The number of rotatable bonds is 2. The molecule has 128 valence electrons. The van der Waals surface area contributed by atoms with Crippen molar-refractivity contribution in [2.75, 3.05) is 36.2 Å². The third kappa shape index (κ3) is 2.38. The fourth-order valence-corrected chi connectivity index (χ4v) is 4.02. The van der Waals surface area contributed by atoms with Crippen LogP contribution in [0.2, 0.25) is 0 Å². The number of aromatic nitrogens is 2. The van der Waals surface area contributed by atoms with Crippen LogP contribution in [0.3, 0.4) is 0 Å². The van der Waals surface area contributed by atoms with Gasteiger partial charge < -0.3 is 19.3 Å². The van der Waals surface area contributed by atoms with Crippen LogP contribution in [-0.4, -0.2) is 42.3 Å². The lowest BCUT2D eigenvalue weighted by Crippen LogP contribution is -2.31. The van der Waals surface area contributed by atoms with Crippen molar-refractivity contribution >= 4 is 17.5 Å². The van der Waals surface area contributed by atoms with Crippen molar-refractivity contribution in [2.24, 2.45) is 5.41 Å². The quantitative estimate of drug-likeness (QED) is 0.832. The molecule has 4 heterocycles. The van der Waals surface area contributed by atoms with E-state index in [4.69, 9.17) is 9.47 Å². The fourth-order valence-electron chi connectivity index (χ4n) is 4.02. The number of carbonyl (C=O) groups is 1. The molecule has 1 amide bonds. The first kappa shape index (κ1) is 14.5. The van der Waals surface area contributed by atoms with E-state index in [0.717, 1.165) is 43.4 Å². The third-order valence-electron chi connectivity index (χ3n) is 5.26. The second-order valence-electron chi connectivity index (χ2n) is 6.91. The van der Waals surface area contributed by atoms with E-state index in [1.165, 1.54) is 0 Å². The number of hydrogen-bond donors (Lipinski definition) is 0. The van der Waals surface area contributed by atoms with Crippen LogP contribution >= 0.6 is 0 Å². The maximum Gasteiger partial charge on any atom is 0.231 e. The summed E-state index contributed by atoms with van der Waals surface area (Å²) in [5.74, 6) is 2.35. The molecule has 2 saturated heterocycles. The SMILES string of the molecule is O=C1C[C@]2(CCN(c3ncccn3)C2)CN1c1ccc2c(c1)OCO2. The largest absolute Gasteiger partial charge is 0.454 e. The van der Waals surface area contributed by atoms with Crippen molar-refractivity contribution < 1.29 is 14.3 Å². The molecule has 7 nitrogen and oxygen atoms in total. The highest BCUT2D eigenvalue weighted by Crippen LogP contribution is 2.44. The van der Waals surface area contributed by atoms with Crippen LogP contribution in [-0.2, 0) is 4.79 Å². The Kier molecular flexibility index (Phi) is 3.10. The molecule has 5 rings (SSSR count). The minimum atomic E-state index is -0.0351. The van der Waals surface area contributed by atoms with Gasteiger partial charge in [0.1, 0.15) is 0 Å². The highest BCUT2D eigenvalue weighted by atomic mass is 16.7. The molecule has 25 heavy (non-hydrogen) atoms. The number of nitrogens with zero attached hydrogens (tertiary/aromatic N) is 4. The van der Waals surface area contributed by atoms with Crippen LogP contribution in [0.15, 0.2) is 36.7 Å². The second-order valence-corrected chi connectivity index (χ2v) is 6.91. The van der Waals surface area contributed by atoms with Gasteiger partial charge in [-0.15, -0.1) is 0 Å². The number of benzene rings is 1. The highest BCUT2D eigenvalue weighted by Gasteiger charge is 2.48. The van der Waals surface area contributed by atoms with Gasteiger partial charge in [0.25, 0.3) is 0 Å². The Bertz CT molecular complexity index is 828. The smallest absolute Gasteiger partial charge is 0.231 e. The number of carbonyl (C=O) groups excluding carboxylic acids is 1. The first-order chi connectivity index (χ1) is 12.2. The molecule has 0 aliphatic carbocycles. The van der Waals surface area contributed by atoms with E-state index in [1.807, 2.05) is 29.2 Å². The number of anilines is 2. The Balaban J connectivity index is 1.37. The molecular formula is C18H18N4O3. The standard InChI is InChI=1S/C18H18N4O3/c23-16-9-18(4-7-21(10-18)17-19-5-1-6-20-17)11-22(16)13-2-3-14-15(8-13)25-12-24-14/h1-3,5-6,8H,4,7,9-12H2/t18-/m0/s1. The maximum atomic E-state index is 12.7. The van der Waals surface area contributed by atoms with Crippen LogP contribution in [0, 0.1) is 5.41 Å². The van der Waals surface area contributed by atoms with Crippen molar-refractivity contribution in [3.8, 4) is 11.5 Å². The van der Waals surface area contributed by atoms with Gasteiger partial charge in [0, 0.05) is 55.6 Å². The number of amides is 1. The van der Waals surface area contributed by atoms with Gasteiger partial charge in [-0.25, -0.2) is 9.97 Å². The average molecular weight is 338 g/mol. The summed E-state index contributed by atoms with van der Waals surface area (Å²) in [6.07, 6.45) is 5.04.